The zero-order chi connectivity index (χ0) is 17.9. The van der Waals surface area contributed by atoms with Gasteiger partial charge in [0, 0.05) is 36.2 Å². The summed E-state index contributed by atoms with van der Waals surface area (Å²) >= 11 is 0. The Bertz CT molecular complexity index is 1090. The first kappa shape index (κ1) is 16.2. The molecule has 0 aliphatic carbocycles. The average molecular weight is 345 g/mol. The smallest absolute Gasteiger partial charge is 0.251 e. The van der Waals surface area contributed by atoms with Crippen LogP contribution in [0.1, 0.15) is 23.0 Å². The number of carbonyl (C=O) groups excluding carboxylic acids is 1. The maximum absolute atomic E-state index is 12.4. The fourth-order valence-electron chi connectivity index (χ4n) is 3.00. The number of nitrogens with zero attached hydrogens (tertiary/aromatic N) is 4. The lowest BCUT2D eigenvalue weighted by molar-refractivity contribution is 0.0954. The molecule has 0 spiro atoms. The van der Waals surface area contributed by atoms with Crippen LogP contribution in [0.25, 0.3) is 21.9 Å². The number of para-hydroxylation sites is 1. The first-order chi connectivity index (χ1) is 12.7. The maximum atomic E-state index is 12.4. The van der Waals surface area contributed by atoms with E-state index >= 15 is 0 Å². The summed E-state index contributed by atoms with van der Waals surface area (Å²) in [6, 6.07) is 17.5. The third-order valence-corrected chi connectivity index (χ3v) is 4.40. The third-order valence-electron chi connectivity index (χ3n) is 4.40. The van der Waals surface area contributed by atoms with Crippen molar-refractivity contribution in [2.24, 2.45) is 0 Å². The number of fused-ring (bicyclic) bond motifs is 2. The van der Waals surface area contributed by atoms with Crippen molar-refractivity contribution in [3.63, 3.8) is 0 Å². The number of rotatable bonds is 5. The van der Waals surface area contributed by atoms with Gasteiger partial charge in [0.1, 0.15) is 5.52 Å². The number of benzene rings is 2. The molecule has 6 nitrogen and oxygen atoms in total. The summed E-state index contributed by atoms with van der Waals surface area (Å²) < 4.78 is 1.81. The molecule has 6 heteroatoms. The molecule has 0 aliphatic heterocycles. The summed E-state index contributed by atoms with van der Waals surface area (Å²) in [5, 5.41) is 12.2. The van der Waals surface area contributed by atoms with Crippen molar-refractivity contribution in [1.82, 2.24) is 25.3 Å². The summed E-state index contributed by atoms with van der Waals surface area (Å²) in [6.45, 7) is 3.29. The Morgan fingerprint density at radius 3 is 2.85 bits per heavy atom. The summed E-state index contributed by atoms with van der Waals surface area (Å²) in [5.41, 5.74) is 4.19. The molecule has 1 amide bonds. The zero-order valence-electron chi connectivity index (χ0n) is 14.5. The molecule has 26 heavy (non-hydrogen) atoms. The highest BCUT2D eigenvalue weighted by Crippen LogP contribution is 2.14. The van der Waals surface area contributed by atoms with E-state index in [-0.39, 0.29) is 5.91 Å². The van der Waals surface area contributed by atoms with Crippen LogP contribution in [-0.2, 0) is 13.0 Å². The van der Waals surface area contributed by atoms with Gasteiger partial charge in [-0.3, -0.25) is 9.78 Å². The second-order valence-corrected chi connectivity index (χ2v) is 6.11. The molecule has 4 aromatic rings. The molecule has 2 aromatic carbocycles. The van der Waals surface area contributed by atoms with Gasteiger partial charge in [-0.2, -0.15) is 0 Å². The molecule has 0 radical (unpaired) electrons. The molecule has 0 atom stereocenters. The van der Waals surface area contributed by atoms with E-state index in [1.54, 1.807) is 6.07 Å². The van der Waals surface area contributed by atoms with Crippen LogP contribution in [0.4, 0.5) is 0 Å². The van der Waals surface area contributed by atoms with Gasteiger partial charge >= 0.3 is 0 Å². The Hall–Kier alpha value is -3.28. The summed E-state index contributed by atoms with van der Waals surface area (Å²) in [4.78, 5) is 17.0. The van der Waals surface area contributed by atoms with Crippen LogP contribution in [0.15, 0.2) is 54.6 Å². The summed E-state index contributed by atoms with van der Waals surface area (Å²) in [7, 11) is 0. The van der Waals surface area contributed by atoms with Gasteiger partial charge < -0.3 is 5.32 Å². The van der Waals surface area contributed by atoms with E-state index in [0.29, 0.717) is 18.5 Å². The second-order valence-electron chi connectivity index (χ2n) is 6.11. The lowest BCUT2D eigenvalue weighted by Gasteiger charge is -2.06. The summed E-state index contributed by atoms with van der Waals surface area (Å²) in [6.07, 6.45) is 0.685. The van der Waals surface area contributed by atoms with Gasteiger partial charge in [0.2, 0.25) is 0 Å². The Balaban J connectivity index is 1.41. The molecule has 2 heterocycles. The SMILES string of the molecule is CCn1nnc2cc(C(=O)NCCc3ccc4ccccc4n3)ccc21. The van der Waals surface area contributed by atoms with E-state index in [9.17, 15) is 4.79 Å². The molecule has 4 rings (SSSR count). The van der Waals surface area contributed by atoms with Gasteiger partial charge in [0.15, 0.2) is 0 Å². The molecular weight excluding hydrogens is 326 g/mol. The lowest BCUT2D eigenvalue weighted by Crippen LogP contribution is -2.25. The Kier molecular flexibility index (Phi) is 4.31. The molecule has 0 bridgehead atoms. The van der Waals surface area contributed by atoms with Gasteiger partial charge in [-0.25, -0.2) is 4.68 Å². The Morgan fingerprint density at radius 1 is 1.08 bits per heavy atom. The quantitative estimate of drug-likeness (QED) is 0.603. The van der Waals surface area contributed by atoms with Gasteiger partial charge in [-0.15, -0.1) is 5.10 Å². The van der Waals surface area contributed by atoms with Gasteiger partial charge in [0.25, 0.3) is 5.91 Å². The minimum Gasteiger partial charge on any atom is -0.352 e. The fraction of sp³-hybridized carbons (Fsp3) is 0.200. The number of amides is 1. The first-order valence-corrected chi connectivity index (χ1v) is 8.71. The van der Waals surface area contributed by atoms with Crippen molar-refractivity contribution in [3.05, 3.63) is 65.9 Å². The van der Waals surface area contributed by atoms with Gasteiger partial charge in [0.05, 0.1) is 11.0 Å². The van der Waals surface area contributed by atoms with Crippen LogP contribution in [0.2, 0.25) is 0 Å². The van der Waals surface area contributed by atoms with E-state index < -0.39 is 0 Å². The van der Waals surface area contributed by atoms with Crippen molar-refractivity contribution >= 4 is 27.8 Å². The number of aryl methyl sites for hydroxylation is 1. The average Bonchev–Trinajstić information content (AvgIpc) is 3.10. The number of nitrogens with one attached hydrogen (secondary N) is 1. The van der Waals surface area contributed by atoms with Crippen LogP contribution < -0.4 is 5.32 Å². The van der Waals surface area contributed by atoms with E-state index in [0.717, 1.165) is 34.2 Å². The maximum Gasteiger partial charge on any atom is 0.251 e. The van der Waals surface area contributed by atoms with Crippen LogP contribution in [0, 0.1) is 0 Å². The Labute approximate surface area is 150 Å². The van der Waals surface area contributed by atoms with Crippen LogP contribution in [-0.4, -0.2) is 32.4 Å². The number of carbonyl (C=O) groups is 1. The second kappa shape index (κ2) is 6.92. The normalized spacial score (nSPS) is 11.1. The number of hydrogen-bond acceptors (Lipinski definition) is 4. The number of aromatic nitrogens is 4. The van der Waals surface area contributed by atoms with Crippen LogP contribution in [0.3, 0.4) is 0 Å². The molecule has 0 saturated heterocycles. The van der Waals surface area contributed by atoms with Crippen molar-refractivity contribution < 1.29 is 4.79 Å². The van der Waals surface area contributed by atoms with E-state index in [4.69, 9.17) is 0 Å². The van der Waals surface area contributed by atoms with Crippen molar-refractivity contribution in [2.75, 3.05) is 6.54 Å². The topological polar surface area (TPSA) is 72.7 Å². The Morgan fingerprint density at radius 2 is 1.96 bits per heavy atom. The lowest BCUT2D eigenvalue weighted by atomic mass is 10.1. The van der Waals surface area contributed by atoms with Crippen molar-refractivity contribution in [3.8, 4) is 0 Å². The van der Waals surface area contributed by atoms with E-state index in [1.807, 2.05) is 54.1 Å². The molecule has 130 valence electrons. The van der Waals surface area contributed by atoms with Crippen LogP contribution >= 0.6 is 0 Å². The fourth-order valence-corrected chi connectivity index (χ4v) is 3.00. The highest BCUT2D eigenvalue weighted by Gasteiger charge is 2.09. The zero-order valence-corrected chi connectivity index (χ0v) is 14.5. The predicted octanol–water partition coefficient (Wildman–Crippen LogP) is 2.97. The minimum absolute atomic E-state index is 0.112. The third kappa shape index (κ3) is 3.13. The first-order valence-electron chi connectivity index (χ1n) is 8.71. The molecular formula is C20H19N5O. The largest absolute Gasteiger partial charge is 0.352 e. The number of hydrogen-bond donors (Lipinski definition) is 1. The molecule has 0 aliphatic rings. The highest BCUT2D eigenvalue weighted by molar-refractivity contribution is 5.97. The molecule has 0 saturated carbocycles. The highest BCUT2D eigenvalue weighted by atomic mass is 16.1. The molecule has 0 fully saturated rings. The van der Waals surface area contributed by atoms with Crippen molar-refractivity contribution in [1.29, 1.82) is 0 Å². The van der Waals surface area contributed by atoms with Crippen LogP contribution in [0.5, 0.6) is 0 Å². The predicted molar refractivity (Wildman–Crippen MR) is 101 cm³/mol. The summed E-state index contributed by atoms with van der Waals surface area (Å²) in [5.74, 6) is -0.112. The number of pyridine rings is 1. The van der Waals surface area contributed by atoms with E-state index in [1.165, 1.54) is 0 Å². The molecule has 2 aromatic heterocycles. The van der Waals surface area contributed by atoms with Gasteiger partial charge in [-0.1, -0.05) is 29.5 Å². The molecule has 1 N–H and O–H groups in total. The molecule has 0 unspecified atom stereocenters. The van der Waals surface area contributed by atoms with Crippen molar-refractivity contribution in [2.45, 2.75) is 19.9 Å². The monoisotopic (exact) mass is 345 g/mol. The minimum atomic E-state index is -0.112. The van der Waals surface area contributed by atoms with E-state index in [2.05, 4.69) is 26.7 Å². The standard InChI is InChI=1S/C20H19N5O/c1-2-25-19-10-8-15(13-18(19)23-24-25)20(26)21-12-11-16-9-7-14-5-3-4-6-17(14)22-16/h3-10,13H,2,11-12H2,1H3,(H,21,26). The van der Waals surface area contributed by atoms with Gasteiger partial charge in [-0.05, 0) is 37.3 Å².